The van der Waals surface area contributed by atoms with Gasteiger partial charge in [-0.05, 0) is 25.0 Å². The first-order chi connectivity index (χ1) is 12.3. The standard InChI is InChI=1S/C18H19ClN4O3/c1-12-6-13(4-5-15(12)21-3)7-16(24)18(2,26-17(25)8-19)11-23-10-14(20)9-22-23/h4-6,9-10H,7-8,11,20H2,1-2H3/t18-/m0/s1. The number of nitrogen functional groups attached to an aromatic ring is 1. The Kier molecular flexibility index (Phi) is 6.01. The van der Waals surface area contributed by atoms with Gasteiger partial charge in [0.15, 0.2) is 17.1 Å². The van der Waals surface area contributed by atoms with E-state index in [-0.39, 0.29) is 24.6 Å². The molecule has 1 aromatic heterocycles. The number of anilines is 1. The van der Waals surface area contributed by atoms with E-state index in [1.54, 1.807) is 31.3 Å². The minimum atomic E-state index is -1.45. The van der Waals surface area contributed by atoms with Gasteiger partial charge in [0.25, 0.3) is 0 Å². The van der Waals surface area contributed by atoms with Gasteiger partial charge in [-0.2, -0.15) is 5.10 Å². The second-order valence-corrected chi connectivity index (χ2v) is 6.41. The average molecular weight is 375 g/mol. The lowest BCUT2D eigenvalue weighted by Crippen LogP contribution is -2.45. The summed E-state index contributed by atoms with van der Waals surface area (Å²) in [5.74, 6) is -1.36. The van der Waals surface area contributed by atoms with Crippen LogP contribution in [0.3, 0.4) is 0 Å². The summed E-state index contributed by atoms with van der Waals surface area (Å²) < 4.78 is 6.79. The zero-order valence-electron chi connectivity index (χ0n) is 14.5. The molecule has 0 aliphatic heterocycles. The van der Waals surface area contributed by atoms with Crippen LogP contribution in [0.2, 0.25) is 0 Å². The summed E-state index contributed by atoms with van der Waals surface area (Å²) in [7, 11) is 0. The number of carbonyl (C=O) groups excluding carboxylic acids is 2. The van der Waals surface area contributed by atoms with Crippen LogP contribution in [0.25, 0.3) is 4.85 Å². The SMILES string of the molecule is [C-]#[N+]c1ccc(CC(=O)[C@](C)(Cn2cc(N)cn2)OC(=O)CCl)cc1C. The number of rotatable bonds is 7. The van der Waals surface area contributed by atoms with Crippen LogP contribution in [0.1, 0.15) is 18.1 Å². The van der Waals surface area contributed by atoms with Crippen molar-refractivity contribution in [2.24, 2.45) is 0 Å². The van der Waals surface area contributed by atoms with E-state index in [4.69, 9.17) is 28.6 Å². The first-order valence-corrected chi connectivity index (χ1v) is 8.37. The van der Waals surface area contributed by atoms with Gasteiger partial charge in [-0.25, -0.2) is 4.85 Å². The molecule has 0 saturated carbocycles. The van der Waals surface area contributed by atoms with Gasteiger partial charge in [0.2, 0.25) is 0 Å². The number of benzene rings is 1. The van der Waals surface area contributed by atoms with Crippen molar-refractivity contribution in [2.45, 2.75) is 32.4 Å². The van der Waals surface area contributed by atoms with Gasteiger partial charge in [0.1, 0.15) is 5.88 Å². The highest BCUT2D eigenvalue weighted by Gasteiger charge is 2.37. The number of esters is 1. The molecular weight excluding hydrogens is 356 g/mol. The normalized spacial score (nSPS) is 12.8. The Balaban J connectivity index is 2.25. The second-order valence-electron chi connectivity index (χ2n) is 6.14. The van der Waals surface area contributed by atoms with Gasteiger partial charge in [-0.1, -0.05) is 18.2 Å². The summed E-state index contributed by atoms with van der Waals surface area (Å²) in [5.41, 5.74) is 6.68. The van der Waals surface area contributed by atoms with Crippen molar-refractivity contribution < 1.29 is 14.3 Å². The Hall–Kier alpha value is -2.85. The lowest BCUT2D eigenvalue weighted by Gasteiger charge is -2.28. The summed E-state index contributed by atoms with van der Waals surface area (Å²) in [6.07, 6.45) is 3.04. The van der Waals surface area contributed by atoms with E-state index in [1.807, 2.05) is 0 Å². The van der Waals surface area contributed by atoms with E-state index in [2.05, 4.69) is 9.94 Å². The van der Waals surface area contributed by atoms with Crippen molar-refractivity contribution in [1.82, 2.24) is 9.78 Å². The molecule has 0 fully saturated rings. The molecule has 0 unspecified atom stereocenters. The van der Waals surface area contributed by atoms with Crippen molar-refractivity contribution in [3.63, 3.8) is 0 Å². The molecule has 0 aliphatic rings. The van der Waals surface area contributed by atoms with Crippen molar-refractivity contribution in [3.8, 4) is 0 Å². The number of hydrogen-bond acceptors (Lipinski definition) is 5. The first kappa shape index (κ1) is 19.5. The molecule has 0 amide bonds. The van der Waals surface area contributed by atoms with Crippen LogP contribution in [0, 0.1) is 13.5 Å². The maximum Gasteiger partial charge on any atom is 0.321 e. The van der Waals surface area contributed by atoms with Crippen molar-refractivity contribution in [2.75, 3.05) is 11.6 Å². The summed E-state index contributed by atoms with van der Waals surface area (Å²) in [4.78, 5) is 28.0. The average Bonchev–Trinajstić information content (AvgIpc) is 2.99. The Morgan fingerprint density at radius 2 is 2.19 bits per heavy atom. The van der Waals surface area contributed by atoms with Crippen LogP contribution in [0.4, 0.5) is 11.4 Å². The third-order valence-corrected chi connectivity index (χ3v) is 4.12. The molecule has 0 spiro atoms. The molecule has 1 heterocycles. The predicted molar refractivity (Wildman–Crippen MR) is 98.0 cm³/mol. The van der Waals surface area contributed by atoms with Gasteiger partial charge in [-0.15, -0.1) is 11.6 Å². The molecule has 0 aliphatic carbocycles. The van der Waals surface area contributed by atoms with E-state index in [0.29, 0.717) is 11.4 Å². The number of aromatic nitrogens is 2. The van der Waals surface area contributed by atoms with Crippen molar-refractivity contribution >= 4 is 34.7 Å². The number of aryl methyl sites for hydroxylation is 1. The fourth-order valence-electron chi connectivity index (χ4n) is 2.56. The zero-order chi connectivity index (χ0) is 19.3. The smallest absolute Gasteiger partial charge is 0.321 e. The number of nitrogens with zero attached hydrogens (tertiary/aromatic N) is 3. The quantitative estimate of drug-likeness (QED) is 0.457. The molecular formula is C18H19ClN4O3. The number of halogens is 1. The highest BCUT2D eigenvalue weighted by Crippen LogP contribution is 2.23. The summed E-state index contributed by atoms with van der Waals surface area (Å²) in [6, 6.07) is 5.16. The summed E-state index contributed by atoms with van der Waals surface area (Å²) >= 11 is 5.53. The Morgan fingerprint density at radius 3 is 2.73 bits per heavy atom. The largest absolute Gasteiger partial charge is 0.448 e. The fourth-order valence-corrected chi connectivity index (χ4v) is 2.61. The molecule has 0 saturated heterocycles. The Labute approximate surface area is 156 Å². The van der Waals surface area contributed by atoms with E-state index in [9.17, 15) is 9.59 Å². The summed E-state index contributed by atoms with van der Waals surface area (Å²) in [5, 5.41) is 4.04. The number of carbonyl (C=O) groups is 2. The molecule has 2 aromatic rings. The van der Waals surface area contributed by atoms with E-state index in [0.717, 1.165) is 11.1 Å². The minimum Gasteiger partial charge on any atom is -0.448 e. The van der Waals surface area contributed by atoms with Gasteiger partial charge >= 0.3 is 5.97 Å². The lowest BCUT2D eigenvalue weighted by atomic mass is 9.93. The molecule has 8 heteroatoms. The summed E-state index contributed by atoms with van der Waals surface area (Å²) in [6.45, 7) is 10.4. The molecule has 1 atom stereocenters. The number of hydrogen-bond donors (Lipinski definition) is 1. The fraction of sp³-hybridized carbons (Fsp3) is 0.333. The van der Waals surface area contributed by atoms with E-state index in [1.165, 1.54) is 17.8 Å². The van der Waals surface area contributed by atoms with Crippen LogP contribution in [0.15, 0.2) is 30.6 Å². The highest BCUT2D eigenvalue weighted by atomic mass is 35.5. The van der Waals surface area contributed by atoms with Crippen molar-refractivity contribution in [1.29, 1.82) is 0 Å². The molecule has 7 nitrogen and oxygen atoms in total. The van der Waals surface area contributed by atoms with Gasteiger partial charge in [-0.3, -0.25) is 14.3 Å². The third-order valence-electron chi connectivity index (χ3n) is 3.90. The monoisotopic (exact) mass is 374 g/mol. The van der Waals surface area contributed by atoms with E-state index < -0.39 is 11.6 Å². The molecule has 136 valence electrons. The maximum atomic E-state index is 12.9. The van der Waals surface area contributed by atoms with Crippen molar-refractivity contribution in [3.05, 3.63) is 53.1 Å². The first-order valence-electron chi connectivity index (χ1n) is 7.83. The van der Waals surface area contributed by atoms with Gasteiger partial charge < -0.3 is 10.5 Å². The van der Waals surface area contributed by atoms with E-state index >= 15 is 0 Å². The number of nitrogens with two attached hydrogens (primary N) is 1. The second kappa shape index (κ2) is 8.02. The molecule has 26 heavy (non-hydrogen) atoms. The lowest BCUT2D eigenvalue weighted by molar-refractivity contribution is -0.165. The van der Waals surface area contributed by atoms with Gasteiger partial charge in [0, 0.05) is 12.6 Å². The van der Waals surface area contributed by atoms with Gasteiger partial charge in [0.05, 0.1) is 25.0 Å². The van der Waals surface area contributed by atoms with Crippen LogP contribution in [0.5, 0.6) is 0 Å². The minimum absolute atomic E-state index is 0.0186. The Morgan fingerprint density at radius 1 is 1.46 bits per heavy atom. The number of ether oxygens (including phenoxy) is 1. The predicted octanol–water partition coefficient (Wildman–Crippen LogP) is 2.68. The molecule has 1 aromatic carbocycles. The zero-order valence-corrected chi connectivity index (χ0v) is 15.3. The maximum absolute atomic E-state index is 12.9. The third kappa shape index (κ3) is 4.61. The van der Waals surface area contributed by atoms with Crippen LogP contribution in [-0.4, -0.2) is 33.0 Å². The highest BCUT2D eigenvalue weighted by molar-refractivity contribution is 6.26. The Bertz CT molecular complexity index is 872. The molecule has 2 N–H and O–H groups in total. The molecule has 0 bridgehead atoms. The molecule has 0 radical (unpaired) electrons. The number of ketones is 1. The van der Waals surface area contributed by atoms with Crippen LogP contribution >= 0.6 is 11.6 Å². The number of Topliss-reactive ketones (excluding diaryl/α,β-unsaturated/α-hetero) is 1. The molecule has 2 rings (SSSR count). The number of alkyl halides is 1. The van der Waals surface area contributed by atoms with Crippen LogP contribution in [-0.2, 0) is 27.3 Å². The topological polar surface area (TPSA) is 91.6 Å². The van der Waals surface area contributed by atoms with Crippen LogP contribution < -0.4 is 5.73 Å².